The molecule has 1 aliphatic rings. The lowest BCUT2D eigenvalue weighted by Crippen LogP contribution is -2.27. The Morgan fingerprint density at radius 3 is 3.00 bits per heavy atom. The molecule has 2 aromatic rings. The zero-order valence-electron chi connectivity index (χ0n) is 10.9. The van der Waals surface area contributed by atoms with Crippen LogP contribution in [0, 0.1) is 0 Å². The largest absolute Gasteiger partial charge is 0.364 e. The fraction of sp³-hybridized carbons (Fsp3) is 0.429. The minimum absolute atomic E-state index is 0.0168. The summed E-state index contributed by atoms with van der Waals surface area (Å²) in [5.74, 6) is 0.511. The van der Waals surface area contributed by atoms with Crippen molar-refractivity contribution in [3.63, 3.8) is 0 Å². The number of rotatable bonds is 4. The molecule has 0 spiro atoms. The van der Waals surface area contributed by atoms with E-state index in [0.29, 0.717) is 5.92 Å². The summed E-state index contributed by atoms with van der Waals surface area (Å²) in [5.41, 5.74) is 2.84. The molecule has 1 aliphatic carbocycles. The zero-order valence-corrected chi connectivity index (χ0v) is 10.9. The van der Waals surface area contributed by atoms with Crippen LogP contribution in [0.2, 0.25) is 0 Å². The van der Waals surface area contributed by atoms with E-state index in [9.17, 15) is 4.79 Å². The highest BCUT2D eigenvalue weighted by atomic mass is 16.1. The molecule has 5 nitrogen and oxygen atoms in total. The number of hydrogen-bond donors (Lipinski definition) is 3. The Bertz CT molecular complexity index is 554. The van der Waals surface area contributed by atoms with Crippen LogP contribution in [0.15, 0.2) is 24.7 Å². The van der Waals surface area contributed by atoms with Gasteiger partial charge in [0.05, 0.1) is 17.8 Å². The molecule has 0 radical (unpaired) electrons. The van der Waals surface area contributed by atoms with Gasteiger partial charge in [0.25, 0.3) is 5.91 Å². The molecular weight excluding hydrogens is 240 g/mol. The van der Waals surface area contributed by atoms with Crippen LogP contribution in [0.3, 0.4) is 0 Å². The molecule has 1 saturated carbocycles. The molecule has 2 heterocycles. The van der Waals surface area contributed by atoms with Crippen molar-refractivity contribution in [2.45, 2.75) is 38.1 Å². The maximum absolute atomic E-state index is 12.3. The number of aromatic amines is 2. The quantitative estimate of drug-likeness (QED) is 0.788. The van der Waals surface area contributed by atoms with Crippen LogP contribution in [-0.2, 0) is 0 Å². The molecule has 2 aromatic heterocycles. The topological polar surface area (TPSA) is 73.6 Å². The summed E-state index contributed by atoms with van der Waals surface area (Å²) in [7, 11) is 0. The maximum atomic E-state index is 12.3. The van der Waals surface area contributed by atoms with Gasteiger partial charge in [-0.2, -0.15) is 5.10 Å². The van der Waals surface area contributed by atoms with Crippen LogP contribution >= 0.6 is 0 Å². The number of nitrogens with one attached hydrogen (secondary N) is 3. The van der Waals surface area contributed by atoms with Crippen LogP contribution in [0.1, 0.15) is 59.8 Å². The SMILES string of the molecule is CC(NC(=O)c1cc[nH]c1C1CCC1)c1cn[nH]c1. The van der Waals surface area contributed by atoms with E-state index in [1.165, 1.54) is 19.3 Å². The third-order valence-electron chi connectivity index (χ3n) is 3.90. The Morgan fingerprint density at radius 1 is 1.53 bits per heavy atom. The van der Waals surface area contributed by atoms with Gasteiger partial charge in [-0.25, -0.2) is 0 Å². The van der Waals surface area contributed by atoms with E-state index in [-0.39, 0.29) is 11.9 Å². The van der Waals surface area contributed by atoms with Gasteiger partial charge in [0.2, 0.25) is 0 Å². The standard InChI is InChI=1S/C14H18N4O/c1-9(11-7-16-17-8-11)18-14(19)12-5-6-15-13(12)10-3-2-4-10/h5-10,15H,2-4H2,1H3,(H,16,17)(H,18,19). The molecule has 1 atom stereocenters. The summed E-state index contributed by atoms with van der Waals surface area (Å²) in [4.78, 5) is 15.5. The molecule has 0 bridgehead atoms. The van der Waals surface area contributed by atoms with Gasteiger partial charge in [-0.15, -0.1) is 0 Å². The second kappa shape index (κ2) is 4.91. The fourth-order valence-corrected chi connectivity index (χ4v) is 2.47. The molecule has 1 amide bonds. The lowest BCUT2D eigenvalue weighted by molar-refractivity contribution is 0.0938. The van der Waals surface area contributed by atoms with Gasteiger partial charge in [-0.3, -0.25) is 9.89 Å². The molecule has 3 N–H and O–H groups in total. The average molecular weight is 258 g/mol. The number of nitrogens with zero attached hydrogens (tertiary/aromatic N) is 1. The highest BCUT2D eigenvalue weighted by molar-refractivity contribution is 5.95. The number of carbonyl (C=O) groups is 1. The third-order valence-corrected chi connectivity index (χ3v) is 3.90. The van der Waals surface area contributed by atoms with Crippen molar-refractivity contribution in [2.75, 3.05) is 0 Å². The number of H-pyrrole nitrogens is 2. The smallest absolute Gasteiger partial charge is 0.253 e. The highest BCUT2D eigenvalue weighted by Gasteiger charge is 2.26. The molecule has 0 saturated heterocycles. The number of aromatic nitrogens is 3. The van der Waals surface area contributed by atoms with Gasteiger partial charge >= 0.3 is 0 Å². The van der Waals surface area contributed by atoms with Gasteiger partial charge in [0.15, 0.2) is 0 Å². The van der Waals surface area contributed by atoms with Crippen molar-refractivity contribution < 1.29 is 4.79 Å². The Kier molecular flexibility index (Phi) is 3.11. The molecule has 5 heteroatoms. The second-order valence-electron chi connectivity index (χ2n) is 5.16. The van der Waals surface area contributed by atoms with E-state index in [4.69, 9.17) is 0 Å². The first kappa shape index (κ1) is 12.0. The van der Waals surface area contributed by atoms with Crippen LogP contribution in [0.4, 0.5) is 0 Å². The van der Waals surface area contributed by atoms with E-state index in [2.05, 4.69) is 20.5 Å². The molecule has 0 aromatic carbocycles. The lowest BCUT2D eigenvalue weighted by atomic mass is 9.81. The molecule has 1 unspecified atom stereocenters. The summed E-state index contributed by atoms with van der Waals surface area (Å²) < 4.78 is 0. The summed E-state index contributed by atoms with van der Waals surface area (Å²) in [6.07, 6.45) is 9.00. The molecule has 3 rings (SSSR count). The predicted molar refractivity (Wildman–Crippen MR) is 71.9 cm³/mol. The van der Waals surface area contributed by atoms with Crippen molar-refractivity contribution in [1.29, 1.82) is 0 Å². The maximum Gasteiger partial charge on any atom is 0.253 e. The van der Waals surface area contributed by atoms with Gasteiger partial charge < -0.3 is 10.3 Å². The number of amides is 1. The van der Waals surface area contributed by atoms with Crippen molar-refractivity contribution >= 4 is 5.91 Å². The zero-order chi connectivity index (χ0) is 13.2. The number of carbonyl (C=O) groups excluding carboxylic acids is 1. The first-order valence-electron chi connectivity index (χ1n) is 6.72. The van der Waals surface area contributed by atoms with Crippen molar-refractivity contribution in [3.8, 4) is 0 Å². The van der Waals surface area contributed by atoms with E-state index in [0.717, 1.165) is 16.8 Å². The normalized spacial score (nSPS) is 16.9. The van der Waals surface area contributed by atoms with Crippen molar-refractivity contribution in [3.05, 3.63) is 41.5 Å². The lowest BCUT2D eigenvalue weighted by Gasteiger charge is -2.25. The summed E-state index contributed by atoms with van der Waals surface area (Å²) >= 11 is 0. The first-order valence-corrected chi connectivity index (χ1v) is 6.72. The minimum atomic E-state index is -0.0459. The van der Waals surface area contributed by atoms with Crippen LogP contribution in [0.5, 0.6) is 0 Å². The molecule has 0 aliphatic heterocycles. The molecule has 19 heavy (non-hydrogen) atoms. The van der Waals surface area contributed by atoms with Crippen LogP contribution in [0.25, 0.3) is 0 Å². The van der Waals surface area contributed by atoms with E-state index < -0.39 is 0 Å². The summed E-state index contributed by atoms with van der Waals surface area (Å²) in [6.45, 7) is 1.96. The Labute approximate surface area is 111 Å². The molecule has 100 valence electrons. The third kappa shape index (κ3) is 2.28. The Hall–Kier alpha value is -2.04. The highest BCUT2D eigenvalue weighted by Crippen LogP contribution is 2.37. The predicted octanol–water partition coefficient (Wildman–Crippen LogP) is 2.50. The second-order valence-corrected chi connectivity index (χ2v) is 5.16. The van der Waals surface area contributed by atoms with E-state index >= 15 is 0 Å². The first-order chi connectivity index (χ1) is 9.25. The molecular formula is C14H18N4O. The fourth-order valence-electron chi connectivity index (χ4n) is 2.47. The average Bonchev–Trinajstić information content (AvgIpc) is 2.97. The van der Waals surface area contributed by atoms with Gasteiger partial charge in [-0.05, 0) is 31.7 Å². The van der Waals surface area contributed by atoms with Gasteiger partial charge in [-0.1, -0.05) is 6.42 Å². The van der Waals surface area contributed by atoms with Crippen molar-refractivity contribution in [1.82, 2.24) is 20.5 Å². The summed E-state index contributed by atoms with van der Waals surface area (Å²) in [6, 6.07) is 1.82. The molecule has 1 fully saturated rings. The Balaban J connectivity index is 1.72. The minimum Gasteiger partial charge on any atom is -0.364 e. The number of hydrogen-bond acceptors (Lipinski definition) is 2. The van der Waals surface area contributed by atoms with Gasteiger partial charge in [0, 0.05) is 23.7 Å². The monoisotopic (exact) mass is 258 g/mol. The van der Waals surface area contributed by atoms with Crippen LogP contribution in [-0.4, -0.2) is 21.1 Å². The van der Waals surface area contributed by atoms with E-state index in [1.54, 1.807) is 12.4 Å². The van der Waals surface area contributed by atoms with Crippen molar-refractivity contribution in [2.24, 2.45) is 0 Å². The van der Waals surface area contributed by atoms with Gasteiger partial charge in [0.1, 0.15) is 0 Å². The Morgan fingerprint density at radius 2 is 2.37 bits per heavy atom. The van der Waals surface area contributed by atoms with Crippen LogP contribution < -0.4 is 5.32 Å². The van der Waals surface area contributed by atoms with E-state index in [1.807, 2.05) is 19.2 Å². The summed E-state index contributed by atoms with van der Waals surface area (Å²) in [5, 5.41) is 9.67.